The van der Waals surface area contributed by atoms with Crippen molar-refractivity contribution in [3.8, 4) is 0 Å². The van der Waals surface area contributed by atoms with E-state index >= 15 is 0 Å². The number of alkyl halides is 1. The molecule has 17 heavy (non-hydrogen) atoms. The van der Waals surface area contributed by atoms with Crippen molar-refractivity contribution in [3.05, 3.63) is 0 Å². The molecule has 0 saturated heterocycles. The SMILES string of the molecule is O=C(CCCBr)NC12CC3CC(CC(C3)C1)C2. The molecule has 4 rings (SSSR count). The van der Waals surface area contributed by atoms with E-state index in [1.54, 1.807) is 0 Å². The summed E-state index contributed by atoms with van der Waals surface area (Å²) >= 11 is 3.39. The first-order valence-electron chi connectivity index (χ1n) is 7.06. The van der Waals surface area contributed by atoms with Crippen LogP contribution in [0, 0.1) is 17.8 Å². The minimum Gasteiger partial charge on any atom is -0.351 e. The fraction of sp³-hybridized carbons (Fsp3) is 0.929. The lowest BCUT2D eigenvalue weighted by molar-refractivity contribution is -0.126. The van der Waals surface area contributed by atoms with Crippen LogP contribution in [0.25, 0.3) is 0 Å². The molecule has 0 aromatic carbocycles. The van der Waals surface area contributed by atoms with Gasteiger partial charge in [0, 0.05) is 17.3 Å². The monoisotopic (exact) mass is 299 g/mol. The van der Waals surface area contributed by atoms with E-state index in [0.29, 0.717) is 6.42 Å². The Bertz CT molecular complexity index is 280. The zero-order chi connectivity index (χ0) is 11.9. The van der Waals surface area contributed by atoms with Crippen molar-refractivity contribution in [3.63, 3.8) is 0 Å². The van der Waals surface area contributed by atoms with E-state index in [1.165, 1.54) is 38.5 Å². The van der Waals surface area contributed by atoms with Crippen molar-refractivity contribution in [1.29, 1.82) is 0 Å². The maximum absolute atomic E-state index is 12.0. The van der Waals surface area contributed by atoms with Gasteiger partial charge >= 0.3 is 0 Å². The fourth-order valence-electron chi connectivity index (χ4n) is 4.85. The lowest BCUT2D eigenvalue weighted by Crippen LogP contribution is -2.59. The molecule has 4 aliphatic carbocycles. The number of halogens is 1. The van der Waals surface area contributed by atoms with Crippen LogP contribution < -0.4 is 5.32 Å². The summed E-state index contributed by atoms with van der Waals surface area (Å²) in [5.74, 6) is 3.03. The lowest BCUT2D eigenvalue weighted by Gasteiger charge is -2.56. The third-order valence-corrected chi connectivity index (χ3v) is 5.54. The Labute approximate surface area is 112 Å². The Balaban J connectivity index is 1.64. The van der Waals surface area contributed by atoms with Gasteiger partial charge in [-0.2, -0.15) is 0 Å². The van der Waals surface area contributed by atoms with E-state index in [4.69, 9.17) is 0 Å². The number of carbonyl (C=O) groups is 1. The number of amides is 1. The highest BCUT2D eigenvalue weighted by molar-refractivity contribution is 9.09. The van der Waals surface area contributed by atoms with Gasteiger partial charge in [0.05, 0.1) is 0 Å². The number of hydrogen-bond acceptors (Lipinski definition) is 1. The predicted octanol–water partition coefficient (Wildman–Crippen LogP) is 3.25. The summed E-state index contributed by atoms with van der Waals surface area (Å²) < 4.78 is 0. The van der Waals surface area contributed by atoms with Crippen LogP contribution >= 0.6 is 15.9 Å². The standard InChI is InChI=1S/C14H22BrNO/c15-3-1-2-13(17)16-14-7-10-4-11(8-14)6-12(5-10)9-14/h10-12H,1-9H2,(H,16,17). The second-order valence-corrected chi connectivity index (χ2v) is 7.33. The molecule has 0 aromatic rings. The third-order valence-electron chi connectivity index (χ3n) is 4.98. The Morgan fingerprint density at radius 3 is 2.12 bits per heavy atom. The zero-order valence-electron chi connectivity index (χ0n) is 10.4. The van der Waals surface area contributed by atoms with Crippen molar-refractivity contribution >= 4 is 21.8 Å². The van der Waals surface area contributed by atoms with E-state index in [1.807, 2.05) is 0 Å². The van der Waals surface area contributed by atoms with Gasteiger partial charge in [-0.05, 0) is 62.7 Å². The molecule has 0 unspecified atom stereocenters. The van der Waals surface area contributed by atoms with Crippen LogP contribution in [-0.2, 0) is 4.79 Å². The highest BCUT2D eigenvalue weighted by Crippen LogP contribution is 2.55. The first kappa shape index (κ1) is 12.0. The lowest BCUT2D eigenvalue weighted by atomic mass is 9.53. The van der Waals surface area contributed by atoms with Gasteiger partial charge in [0.15, 0.2) is 0 Å². The first-order valence-corrected chi connectivity index (χ1v) is 8.18. The molecule has 96 valence electrons. The Morgan fingerprint density at radius 2 is 1.65 bits per heavy atom. The molecule has 4 saturated carbocycles. The quantitative estimate of drug-likeness (QED) is 0.793. The van der Waals surface area contributed by atoms with E-state index < -0.39 is 0 Å². The predicted molar refractivity (Wildman–Crippen MR) is 72.1 cm³/mol. The third kappa shape index (κ3) is 2.40. The summed E-state index contributed by atoms with van der Waals surface area (Å²) in [4.78, 5) is 12.0. The molecule has 2 nitrogen and oxygen atoms in total. The minimum absolute atomic E-state index is 0.206. The molecular weight excluding hydrogens is 278 g/mol. The van der Waals surface area contributed by atoms with Gasteiger partial charge in [-0.25, -0.2) is 0 Å². The van der Waals surface area contributed by atoms with Gasteiger partial charge < -0.3 is 5.32 Å². The second-order valence-electron chi connectivity index (χ2n) is 6.54. The van der Waals surface area contributed by atoms with Gasteiger partial charge in [0.1, 0.15) is 0 Å². The Kier molecular flexibility index (Phi) is 3.22. The summed E-state index contributed by atoms with van der Waals surface area (Å²) in [6, 6.07) is 0. The topological polar surface area (TPSA) is 29.1 Å². The molecule has 3 heteroatoms. The highest BCUT2D eigenvalue weighted by Gasteiger charge is 2.51. The molecule has 4 bridgehead atoms. The average molecular weight is 300 g/mol. The number of carbonyl (C=O) groups excluding carboxylic acids is 1. The second kappa shape index (κ2) is 4.56. The average Bonchev–Trinajstić information content (AvgIpc) is 2.23. The van der Waals surface area contributed by atoms with Crippen LogP contribution in [-0.4, -0.2) is 16.8 Å². The first-order chi connectivity index (χ1) is 8.19. The van der Waals surface area contributed by atoms with Crippen LogP contribution in [0.5, 0.6) is 0 Å². The van der Waals surface area contributed by atoms with Crippen molar-refractivity contribution in [2.45, 2.75) is 56.9 Å². The summed E-state index contributed by atoms with van der Waals surface area (Å²) in [6.45, 7) is 0. The molecule has 4 fully saturated rings. The Hall–Kier alpha value is -0.0500. The van der Waals surface area contributed by atoms with Crippen LogP contribution in [0.4, 0.5) is 0 Å². The molecule has 0 heterocycles. The van der Waals surface area contributed by atoms with Gasteiger partial charge in [-0.3, -0.25) is 4.79 Å². The van der Waals surface area contributed by atoms with E-state index in [9.17, 15) is 4.79 Å². The molecule has 0 spiro atoms. The number of nitrogens with one attached hydrogen (secondary N) is 1. The number of hydrogen-bond donors (Lipinski definition) is 1. The largest absolute Gasteiger partial charge is 0.351 e. The smallest absolute Gasteiger partial charge is 0.220 e. The molecule has 1 N–H and O–H groups in total. The molecular formula is C14H22BrNO. The van der Waals surface area contributed by atoms with Crippen LogP contribution in [0.2, 0.25) is 0 Å². The van der Waals surface area contributed by atoms with Crippen molar-refractivity contribution in [1.82, 2.24) is 5.32 Å². The maximum Gasteiger partial charge on any atom is 0.220 e. The van der Waals surface area contributed by atoms with Crippen LogP contribution in [0.3, 0.4) is 0 Å². The van der Waals surface area contributed by atoms with E-state index in [2.05, 4.69) is 21.2 Å². The molecule has 0 atom stereocenters. The summed E-state index contributed by atoms with van der Waals surface area (Å²) in [5.41, 5.74) is 0.206. The molecule has 0 radical (unpaired) electrons. The summed E-state index contributed by atoms with van der Waals surface area (Å²) in [6.07, 6.45) is 9.76. The molecule has 1 amide bonds. The van der Waals surface area contributed by atoms with Crippen molar-refractivity contribution in [2.75, 3.05) is 5.33 Å². The normalized spacial score (nSPS) is 42.8. The van der Waals surface area contributed by atoms with Gasteiger partial charge in [-0.15, -0.1) is 0 Å². The minimum atomic E-state index is 0.206. The van der Waals surface area contributed by atoms with Crippen molar-refractivity contribution < 1.29 is 4.79 Å². The molecule has 0 aliphatic heterocycles. The van der Waals surface area contributed by atoms with Crippen molar-refractivity contribution in [2.24, 2.45) is 17.8 Å². The number of rotatable bonds is 4. The highest BCUT2D eigenvalue weighted by atomic mass is 79.9. The molecule has 0 aromatic heterocycles. The Morgan fingerprint density at radius 1 is 1.12 bits per heavy atom. The van der Waals surface area contributed by atoms with Gasteiger partial charge in [0.2, 0.25) is 5.91 Å². The van der Waals surface area contributed by atoms with E-state index in [0.717, 1.165) is 29.5 Å². The van der Waals surface area contributed by atoms with Crippen LogP contribution in [0.1, 0.15) is 51.4 Å². The van der Waals surface area contributed by atoms with Crippen LogP contribution in [0.15, 0.2) is 0 Å². The fourth-order valence-corrected chi connectivity index (χ4v) is 5.13. The van der Waals surface area contributed by atoms with Gasteiger partial charge in [-0.1, -0.05) is 15.9 Å². The maximum atomic E-state index is 12.0. The summed E-state index contributed by atoms with van der Waals surface area (Å²) in [7, 11) is 0. The molecule has 4 aliphatic rings. The van der Waals surface area contributed by atoms with Gasteiger partial charge in [0.25, 0.3) is 0 Å². The van der Waals surface area contributed by atoms with E-state index in [-0.39, 0.29) is 11.4 Å². The summed E-state index contributed by atoms with van der Waals surface area (Å²) in [5, 5.41) is 4.33. The zero-order valence-corrected chi connectivity index (χ0v) is 12.0.